The van der Waals surface area contributed by atoms with Gasteiger partial charge in [-0.25, -0.2) is 17.6 Å². The van der Waals surface area contributed by atoms with Crippen LogP contribution in [-0.2, 0) is 21.1 Å². The zero-order chi connectivity index (χ0) is 17.7. The number of primary amides is 1. The minimum Gasteiger partial charge on any atom is -0.445 e. The maximum Gasteiger partial charge on any atom is 0.404 e. The second kappa shape index (κ2) is 7.26. The van der Waals surface area contributed by atoms with Gasteiger partial charge < -0.3 is 10.5 Å². The van der Waals surface area contributed by atoms with Gasteiger partial charge in [0.05, 0.1) is 17.6 Å². The summed E-state index contributed by atoms with van der Waals surface area (Å²) < 4.78 is 42.6. The number of aromatic nitrogens is 2. The molecule has 0 aliphatic rings. The summed E-state index contributed by atoms with van der Waals surface area (Å²) in [4.78, 5) is 10.6. The molecular formula is C15H16FN3O4S. The Hall–Kier alpha value is -2.68. The summed E-state index contributed by atoms with van der Waals surface area (Å²) in [5.74, 6) is -0.546. The van der Waals surface area contributed by atoms with Crippen molar-refractivity contribution in [1.29, 1.82) is 0 Å². The molecule has 0 spiro atoms. The third-order valence-corrected chi connectivity index (χ3v) is 4.18. The summed E-state index contributed by atoms with van der Waals surface area (Å²) in [6, 6.07) is 6.40. The van der Waals surface area contributed by atoms with Crippen molar-refractivity contribution in [2.45, 2.75) is 11.4 Å². The molecule has 24 heavy (non-hydrogen) atoms. The van der Waals surface area contributed by atoms with Crippen molar-refractivity contribution in [3.8, 4) is 11.1 Å². The maximum atomic E-state index is 13.7. The fourth-order valence-electron chi connectivity index (χ4n) is 1.94. The lowest BCUT2D eigenvalue weighted by atomic mass is 10.1. The number of sulfone groups is 1. The smallest absolute Gasteiger partial charge is 0.404 e. The topological polar surface area (TPSA) is 104 Å². The number of nitrogens with zero attached hydrogens (tertiary/aromatic N) is 2. The monoisotopic (exact) mass is 353 g/mol. The molecule has 1 heterocycles. The van der Waals surface area contributed by atoms with Crippen LogP contribution in [0.2, 0.25) is 0 Å². The zero-order valence-electron chi connectivity index (χ0n) is 12.8. The summed E-state index contributed by atoms with van der Waals surface area (Å²) in [5, 5.41) is 4.02. The van der Waals surface area contributed by atoms with Crippen molar-refractivity contribution in [1.82, 2.24) is 9.78 Å². The quantitative estimate of drug-likeness (QED) is 0.854. The molecule has 0 unspecified atom stereocenters. The average Bonchev–Trinajstić information content (AvgIpc) is 2.94. The van der Waals surface area contributed by atoms with Crippen LogP contribution >= 0.6 is 0 Å². The van der Waals surface area contributed by atoms with E-state index in [9.17, 15) is 17.6 Å². The van der Waals surface area contributed by atoms with Gasteiger partial charge in [0.2, 0.25) is 0 Å². The van der Waals surface area contributed by atoms with Gasteiger partial charge in [-0.15, -0.1) is 0 Å². The van der Waals surface area contributed by atoms with E-state index in [0.29, 0.717) is 11.1 Å². The van der Waals surface area contributed by atoms with E-state index in [1.807, 2.05) is 0 Å². The molecule has 1 amide bonds. The Morgan fingerprint density at radius 2 is 2.17 bits per heavy atom. The van der Waals surface area contributed by atoms with E-state index in [0.717, 1.165) is 12.3 Å². The van der Waals surface area contributed by atoms with E-state index in [2.05, 4.69) is 9.84 Å². The van der Waals surface area contributed by atoms with Gasteiger partial charge in [-0.05, 0) is 23.8 Å². The van der Waals surface area contributed by atoms with Crippen molar-refractivity contribution in [3.63, 3.8) is 0 Å². The Bertz CT molecular complexity index is 874. The molecule has 1 aromatic heterocycles. The van der Waals surface area contributed by atoms with Gasteiger partial charge in [0.25, 0.3) is 0 Å². The summed E-state index contributed by atoms with van der Waals surface area (Å²) in [5.41, 5.74) is 6.08. The van der Waals surface area contributed by atoms with Gasteiger partial charge in [0.1, 0.15) is 12.4 Å². The first kappa shape index (κ1) is 17.7. The van der Waals surface area contributed by atoms with Gasteiger partial charge in [0.15, 0.2) is 9.84 Å². The number of allylic oxidation sites excluding steroid dienone is 1. The summed E-state index contributed by atoms with van der Waals surface area (Å²) >= 11 is 0. The molecule has 2 aromatic rings. The molecule has 0 aliphatic heterocycles. The highest BCUT2D eigenvalue weighted by molar-refractivity contribution is 7.90. The van der Waals surface area contributed by atoms with E-state index < -0.39 is 21.8 Å². The number of carbonyl (C=O) groups is 1. The van der Waals surface area contributed by atoms with E-state index in [-0.39, 0.29) is 18.0 Å². The highest BCUT2D eigenvalue weighted by Gasteiger charge is 2.10. The van der Waals surface area contributed by atoms with Gasteiger partial charge >= 0.3 is 6.09 Å². The Morgan fingerprint density at radius 3 is 2.83 bits per heavy atom. The molecule has 128 valence electrons. The second-order valence-electron chi connectivity index (χ2n) is 5.01. The maximum absolute atomic E-state index is 13.7. The number of nitrogens with two attached hydrogens (primary N) is 1. The third kappa shape index (κ3) is 4.92. The Labute approximate surface area is 138 Å². The second-order valence-corrected chi connectivity index (χ2v) is 7.02. The molecule has 2 rings (SSSR count). The standard InChI is InChI=1S/C15H16FN3O4S/c1-24(21,22)14-4-2-3-11(7-14)12-8-18-19(9-12)10-13(16)5-6-23-15(17)20/h2-5,7-9H,6,10H2,1H3,(H2,17,20). The van der Waals surface area contributed by atoms with Gasteiger partial charge in [-0.2, -0.15) is 5.10 Å². The van der Waals surface area contributed by atoms with Gasteiger partial charge in [0, 0.05) is 18.0 Å². The summed E-state index contributed by atoms with van der Waals surface area (Å²) in [6.07, 6.45) is 4.32. The lowest BCUT2D eigenvalue weighted by Crippen LogP contribution is -2.13. The normalized spacial score (nSPS) is 12.2. The largest absolute Gasteiger partial charge is 0.445 e. The fourth-order valence-corrected chi connectivity index (χ4v) is 2.61. The van der Waals surface area contributed by atoms with E-state index in [4.69, 9.17) is 5.73 Å². The number of benzene rings is 1. The van der Waals surface area contributed by atoms with E-state index in [1.54, 1.807) is 18.3 Å². The van der Waals surface area contributed by atoms with Crippen molar-refractivity contribution in [2.75, 3.05) is 12.9 Å². The molecule has 2 N–H and O–H groups in total. The number of halogens is 1. The van der Waals surface area contributed by atoms with Crippen LogP contribution in [0.5, 0.6) is 0 Å². The molecule has 0 saturated carbocycles. The van der Waals surface area contributed by atoms with Crippen LogP contribution in [0.25, 0.3) is 11.1 Å². The highest BCUT2D eigenvalue weighted by atomic mass is 32.2. The number of hydrogen-bond donors (Lipinski definition) is 1. The lowest BCUT2D eigenvalue weighted by molar-refractivity contribution is 0.168. The van der Waals surface area contributed by atoms with Crippen LogP contribution in [0.3, 0.4) is 0 Å². The minimum atomic E-state index is -3.31. The predicted octanol–water partition coefficient (Wildman–Crippen LogP) is 1.90. The number of amides is 1. The van der Waals surface area contributed by atoms with Gasteiger partial charge in [-0.1, -0.05) is 12.1 Å². The molecule has 9 heteroatoms. The number of rotatable bonds is 6. The molecule has 7 nitrogen and oxygen atoms in total. The lowest BCUT2D eigenvalue weighted by Gasteiger charge is -2.02. The Balaban J connectivity index is 2.12. The van der Waals surface area contributed by atoms with Crippen molar-refractivity contribution < 1.29 is 22.3 Å². The molecule has 0 atom stereocenters. The molecule has 0 fully saturated rings. The molecule has 1 aromatic carbocycles. The van der Waals surface area contributed by atoms with Crippen LogP contribution in [0.15, 0.2) is 53.5 Å². The Kier molecular flexibility index (Phi) is 5.35. The van der Waals surface area contributed by atoms with Crippen LogP contribution in [0.1, 0.15) is 0 Å². The van der Waals surface area contributed by atoms with Crippen LogP contribution in [0.4, 0.5) is 9.18 Å². The number of hydrogen-bond acceptors (Lipinski definition) is 5. The first-order valence-corrected chi connectivity index (χ1v) is 8.74. The van der Waals surface area contributed by atoms with Crippen molar-refractivity contribution in [2.24, 2.45) is 5.73 Å². The fraction of sp³-hybridized carbons (Fsp3) is 0.200. The molecule has 0 bridgehead atoms. The summed E-state index contributed by atoms with van der Waals surface area (Å²) in [7, 11) is -3.31. The molecule has 0 aliphatic carbocycles. The zero-order valence-corrected chi connectivity index (χ0v) is 13.7. The number of ether oxygens (including phenoxy) is 1. The van der Waals surface area contributed by atoms with Crippen LogP contribution in [-0.4, -0.2) is 37.2 Å². The minimum absolute atomic E-state index is 0.145. The number of carbonyl (C=O) groups excluding carboxylic acids is 1. The van der Waals surface area contributed by atoms with Crippen LogP contribution < -0.4 is 5.73 Å². The average molecular weight is 353 g/mol. The van der Waals surface area contributed by atoms with Crippen molar-refractivity contribution in [3.05, 3.63) is 48.6 Å². The highest BCUT2D eigenvalue weighted by Crippen LogP contribution is 2.22. The molecular weight excluding hydrogens is 337 g/mol. The Morgan fingerprint density at radius 1 is 1.42 bits per heavy atom. The first-order chi connectivity index (χ1) is 11.3. The summed E-state index contributed by atoms with van der Waals surface area (Å²) in [6.45, 7) is -0.403. The SMILES string of the molecule is CS(=O)(=O)c1cccc(-c2cnn(CC(F)=CCOC(N)=O)c2)c1. The molecule has 0 radical (unpaired) electrons. The van der Waals surface area contributed by atoms with Gasteiger partial charge in [-0.3, -0.25) is 4.68 Å². The van der Waals surface area contributed by atoms with E-state index >= 15 is 0 Å². The first-order valence-electron chi connectivity index (χ1n) is 6.85. The van der Waals surface area contributed by atoms with Crippen molar-refractivity contribution >= 4 is 15.9 Å². The van der Waals surface area contributed by atoms with E-state index in [1.165, 1.54) is 23.0 Å². The predicted molar refractivity (Wildman–Crippen MR) is 85.5 cm³/mol. The van der Waals surface area contributed by atoms with Crippen LogP contribution in [0, 0.1) is 0 Å². The third-order valence-electron chi connectivity index (χ3n) is 3.07. The molecule has 0 saturated heterocycles.